The number of nitrogens with one attached hydrogen (secondary N) is 1. The topological polar surface area (TPSA) is 29.9 Å². The maximum Gasteiger partial charge on any atom is 0.0695 e. The highest BCUT2D eigenvalue weighted by Crippen LogP contribution is 2.27. The van der Waals surface area contributed by atoms with Gasteiger partial charge in [-0.3, -0.25) is 4.68 Å². The van der Waals surface area contributed by atoms with Gasteiger partial charge in [-0.15, -0.1) is 0 Å². The van der Waals surface area contributed by atoms with E-state index in [9.17, 15) is 0 Å². The molecule has 1 aromatic rings. The minimum atomic E-state index is 0.406. The standard InChI is InChI=1S/C13H24BrN3/c1-4-6-7-8-9-12(15-3)13-11(14)10-16-17(13)5-2/h10,12,15H,4-9H2,1-3H3. The van der Waals surface area contributed by atoms with Gasteiger partial charge in [-0.1, -0.05) is 32.6 Å². The Morgan fingerprint density at radius 2 is 2.12 bits per heavy atom. The molecule has 1 rings (SSSR count). The summed E-state index contributed by atoms with van der Waals surface area (Å²) in [6.07, 6.45) is 8.31. The van der Waals surface area contributed by atoms with Crippen LogP contribution < -0.4 is 5.32 Å². The molecular weight excluding hydrogens is 278 g/mol. The number of aryl methyl sites for hydroxylation is 1. The van der Waals surface area contributed by atoms with Crippen LogP contribution >= 0.6 is 15.9 Å². The molecule has 0 aliphatic carbocycles. The second-order valence-electron chi connectivity index (χ2n) is 4.38. The molecule has 1 heterocycles. The van der Waals surface area contributed by atoms with E-state index in [2.05, 4.69) is 44.9 Å². The van der Waals surface area contributed by atoms with E-state index in [-0.39, 0.29) is 0 Å². The van der Waals surface area contributed by atoms with Gasteiger partial charge in [-0.2, -0.15) is 5.10 Å². The minimum Gasteiger partial charge on any atom is -0.312 e. The number of halogens is 1. The van der Waals surface area contributed by atoms with Crippen LogP contribution in [0.3, 0.4) is 0 Å². The first kappa shape index (κ1) is 14.7. The molecule has 0 radical (unpaired) electrons. The first-order chi connectivity index (χ1) is 8.24. The van der Waals surface area contributed by atoms with Crippen LogP contribution in [-0.2, 0) is 6.54 Å². The lowest BCUT2D eigenvalue weighted by Crippen LogP contribution is -2.20. The van der Waals surface area contributed by atoms with Gasteiger partial charge >= 0.3 is 0 Å². The molecule has 1 unspecified atom stereocenters. The van der Waals surface area contributed by atoms with Gasteiger partial charge in [0.05, 0.1) is 22.4 Å². The van der Waals surface area contributed by atoms with Crippen molar-refractivity contribution in [2.75, 3.05) is 7.05 Å². The Balaban J connectivity index is 2.62. The summed E-state index contributed by atoms with van der Waals surface area (Å²) in [5.41, 5.74) is 1.28. The molecule has 1 atom stereocenters. The molecule has 0 spiro atoms. The Bertz CT molecular complexity index is 322. The van der Waals surface area contributed by atoms with Gasteiger partial charge in [0.25, 0.3) is 0 Å². The van der Waals surface area contributed by atoms with Crippen molar-refractivity contribution in [1.82, 2.24) is 15.1 Å². The molecule has 0 bridgehead atoms. The fraction of sp³-hybridized carbons (Fsp3) is 0.769. The minimum absolute atomic E-state index is 0.406. The molecule has 3 nitrogen and oxygen atoms in total. The SMILES string of the molecule is CCCCCCC(NC)c1c(Br)cnn1CC. The third-order valence-electron chi connectivity index (χ3n) is 3.16. The van der Waals surface area contributed by atoms with Crippen LogP contribution in [0, 0.1) is 0 Å². The van der Waals surface area contributed by atoms with Crippen LogP contribution in [0.2, 0.25) is 0 Å². The van der Waals surface area contributed by atoms with Crippen LogP contribution in [0.15, 0.2) is 10.7 Å². The van der Waals surface area contributed by atoms with Crippen molar-refractivity contribution < 1.29 is 0 Å². The number of aromatic nitrogens is 2. The quantitative estimate of drug-likeness (QED) is 0.738. The first-order valence-electron chi connectivity index (χ1n) is 6.63. The summed E-state index contributed by atoms with van der Waals surface area (Å²) in [6.45, 7) is 5.30. The summed E-state index contributed by atoms with van der Waals surface area (Å²) in [6, 6.07) is 0.406. The second-order valence-corrected chi connectivity index (χ2v) is 5.24. The maximum atomic E-state index is 4.38. The monoisotopic (exact) mass is 301 g/mol. The van der Waals surface area contributed by atoms with Crippen molar-refractivity contribution in [2.45, 2.75) is 58.5 Å². The Hall–Kier alpha value is -0.350. The maximum absolute atomic E-state index is 4.38. The second kappa shape index (κ2) is 7.88. The number of hydrogen-bond acceptors (Lipinski definition) is 2. The fourth-order valence-corrected chi connectivity index (χ4v) is 2.74. The normalized spacial score (nSPS) is 12.9. The number of nitrogens with zero attached hydrogens (tertiary/aromatic N) is 2. The molecule has 1 aromatic heterocycles. The average molecular weight is 302 g/mol. The molecule has 0 saturated heterocycles. The molecule has 0 amide bonds. The van der Waals surface area contributed by atoms with Gasteiger partial charge in [0.15, 0.2) is 0 Å². The van der Waals surface area contributed by atoms with Gasteiger partial charge in [0.1, 0.15) is 0 Å². The van der Waals surface area contributed by atoms with E-state index in [4.69, 9.17) is 0 Å². The predicted octanol–water partition coefficient (Wildman–Crippen LogP) is 3.90. The highest BCUT2D eigenvalue weighted by molar-refractivity contribution is 9.10. The number of hydrogen-bond donors (Lipinski definition) is 1. The highest BCUT2D eigenvalue weighted by atomic mass is 79.9. The third-order valence-corrected chi connectivity index (χ3v) is 3.77. The zero-order valence-corrected chi connectivity index (χ0v) is 12.8. The van der Waals surface area contributed by atoms with Gasteiger partial charge in [0.2, 0.25) is 0 Å². The molecule has 0 aromatic carbocycles. The molecule has 4 heteroatoms. The summed E-state index contributed by atoms with van der Waals surface area (Å²) in [5, 5.41) is 7.78. The Morgan fingerprint density at radius 3 is 2.71 bits per heavy atom. The van der Waals surface area contributed by atoms with Crippen molar-refractivity contribution in [1.29, 1.82) is 0 Å². The van der Waals surface area contributed by atoms with E-state index in [1.165, 1.54) is 37.8 Å². The molecule has 0 aliphatic rings. The van der Waals surface area contributed by atoms with Crippen LogP contribution in [0.4, 0.5) is 0 Å². The van der Waals surface area contributed by atoms with E-state index in [0.29, 0.717) is 6.04 Å². The number of rotatable bonds is 8. The Morgan fingerprint density at radius 1 is 1.35 bits per heavy atom. The van der Waals surface area contributed by atoms with Gasteiger partial charge < -0.3 is 5.32 Å². The zero-order valence-electron chi connectivity index (χ0n) is 11.2. The lowest BCUT2D eigenvalue weighted by atomic mass is 10.0. The fourth-order valence-electron chi connectivity index (χ4n) is 2.16. The molecule has 0 fully saturated rings. The molecule has 1 N–H and O–H groups in total. The summed E-state index contributed by atoms with van der Waals surface area (Å²) >= 11 is 3.60. The van der Waals surface area contributed by atoms with Crippen molar-refractivity contribution in [2.24, 2.45) is 0 Å². The van der Waals surface area contributed by atoms with E-state index in [1.54, 1.807) is 0 Å². The lowest BCUT2D eigenvalue weighted by molar-refractivity contribution is 0.462. The summed E-state index contributed by atoms with van der Waals surface area (Å²) in [5.74, 6) is 0. The molecule has 0 aliphatic heterocycles. The van der Waals surface area contributed by atoms with Crippen LogP contribution in [0.25, 0.3) is 0 Å². The molecular formula is C13H24BrN3. The Labute approximate surface area is 113 Å². The smallest absolute Gasteiger partial charge is 0.0695 e. The van der Waals surface area contributed by atoms with Gasteiger partial charge in [0, 0.05) is 6.54 Å². The largest absolute Gasteiger partial charge is 0.312 e. The summed E-state index contributed by atoms with van der Waals surface area (Å²) < 4.78 is 3.19. The molecule has 98 valence electrons. The van der Waals surface area contributed by atoms with E-state index in [0.717, 1.165) is 11.0 Å². The van der Waals surface area contributed by atoms with Crippen molar-refractivity contribution in [3.05, 3.63) is 16.4 Å². The van der Waals surface area contributed by atoms with Crippen LogP contribution in [-0.4, -0.2) is 16.8 Å². The molecule has 0 saturated carbocycles. The highest BCUT2D eigenvalue weighted by Gasteiger charge is 2.17. The van der Waals surface area contributed by atoms with Crippen molar-refractivity contribution in [3.63, 3.8) is 0 Å². The van der Waals surface area contributed by atoms with Crippen LogP contribution in [0.5, 0.6) is 0 Å². The van der Waals surface area contributed by atoms with Crippen molar-refractivity contribution in [3.8, 4) is 0 Å². The van der Waals surface area contributed by atoms with Gasteiger partial charge in [-0.05, 0) is 36.3 Å². The molecule has 17 heavy (non-hydrogen) atoms. The lowest BCUT2D eigenvalue weighted by Gasteiger charge is -2.18. The summed E-state index contributed by atoms with van der Waals surface area (Å²) in [4.78, 5) is 0. The van der Waals surface area contributed by atoms with Crippen LogP contribution in [0.1, 0.15) is 57.7 Å². The van der Waals surface area contributed by atoms with E-state index in [1.807, 2.05) is 13.2 Å². The van der Waals surface area contributed by atoms with Gasteiger partial charge in [-0.25, -0.2) is 0 Å². The van der Waals surface area contributed by atoms with Crippen molar-refractivity contribution >= 4 is 15.9 Å². The van der Waals surface area contributed by atoms with E-state index >= 15 is 0 Å². The number of unbranched alkanes of at least 4 members (excludes halogenated alkanes) is 3. The predicted molar refractivity (Wildman–Crippen MR) is 76.2 cm³/mol. The Kier molecular flexibility index (Phi) is 6.82. The third kappa shape index (κ3) is 4.11. The zero-order chi connectivity index (χ0) is 12.7. The summed E-state index contributed by atoms with van der Waals surface area (Å²) in [7, 11) is 2.03. The average Bonchev–Trinajstić information content (AvgIpc) is 2.71. The van der Waals surface area contributed by atoms with E-state index < -0.39 is 0 Å². The first-order valence-corrected chi connectivity index (χ1v) is 7.42.